The SMILES string of the molecule is COc1ccc([C@@H]2C(C#N)=C(N)Oc3c2ccc2ccccc32)cc1OC. The molecular weight excluding hydrogens is 340 g/mol. The van der Waals surface area contributed by atoms with Crippen molar-refractivity contribution >= 4 is 10.8 Å². The molecule has 27 heavy (non-hydrogen) atoms. The summed E-state index contributed by atoms with van der Waals surface area (Å²) in [6.07, 6.45) is 0. The molecule has 0 spiro atoms. The first-order valence-electron chi connectivity index (χ1n) is 8.49. The maximum absolute atomic E-state index is 9.74. The summed E-state index contributed by atoms with van der Waals surface area (Å²) >= 11 is 0. The van der Waals surface area contributed by atoms with Gasteiger partial charge in [0.05, 0.1) is 20.1 Å². The third kappa shape index (κ3) is 2.63. The van der Waals surface area contributed by atoms with Crippen molar-refractivity contribution in [3.8, 4) is 23.3 Å². The molecule has 0 amide bonds. The molecule has 0 aliphatic carbocycles. The molecule has 3 aromatic carbocycles. The summed E-state index contributed by atoms with van der Waals surface area (Å²) in [5, 5.41) is 11.7. The van der Waals surface area contributed by atoms with E-state index in [0.717, 1.165) is 21.9 Å². The van der Waals surface area contributed by atoms with Crippen LogP contribution in [0.4, 0.5) is 0 Å². The highest BCUT2D eigenvalue weighted by atomic mass is 16.5. The zero-order valence-electron chi connectivity index (χ0n) is 15.0. The van der Waals surface area contributed by atoms with E-state index in [1.54, 1.807) is 14.2 Å². The van der Waals surface area contributed by atoms with Crippen molar-refractivity contribution < 1.29 is 14.2 Å². The Balaban J connectivity index is 1.97. The number of nitriles is 1. The van der Waals surface area contributed by atoms with Gasteiger partial charge in [0.15, 0.2) is 11.5 Å². The molecular formula is C22H18N2O3. The minimum absolute atomic E-state index is 0.126. The maximum atomic E-state index is 9.74. The molecule has 0 radical (unpaired) electrons. The van der Waals surface area contributed by atoms with E-state index in [9.17, 15) is 5.26 Å². The van der Waals surface area contributed by atoms with Crippen molar-refractivity contribution in [3.63, 3.8) is 0 Å². The molecule has 5 heteroatoms. The lowest BCUT2D eigenvalue weighted by atomic mass is 9.82. The largest absolute Gasteiger partial charge is 0.493 e. The van der Waals surface area contributed by atoms with Crippen LogP contribution >= 0.6 is 0 Å². The Kier molecular flexibility index (Phi) is 4.09. The molecule has 0 bridgehead atoms. The van der Waals surface area contributed by atoms with Gasteiger partial charge >= 0.3 is 0 Å². The standard InChI is InChI=1S/C22H18N2O3/c1-25-18-10-8-14(11-19(18)26-2)20-16-9-7-13-5-3-4-6-15(13)21(16)27-22(24)17(20)12-23/h3-11,20H,24H2,1-2H3/t20-/m0/s1. The molecule has 0 unspecified atom stereocenters. The number of allylic oxidation sites excluding steroid dienone is 1. The molecule has 1 aliphatic heterocycles. The van der Waals surface area contributed by atoms with Crippen molar-refractivity contribution in [3.05, 3.63) is 77.2 Å². The predicted octanol–water partition coefficient (Wildman–Crippen LogP) is 4.08. The van der Waals surface area contributed by atoms with Crippen LogP contribution < -0.4 is 19.9 Å². The smallest absolute Gasteiger partial charge is 0.205 e. The fraction of sp³-hybridized carbons (Fsp3) is 0.136. The van der Waals surface area contributed by atoms with E-state index in [0.29, 0.717) is 22.8 Å². The Morgan fingerprint density at radius 3 is 2.52 bits per heavy atom. The summed E-state index contributed by atoms with van der Waals surface area (Å²) in [6.45, 7) is 0. The Bertz CT molecular complexity index is 1110. The number of hydrogen-bond donors (Lipinski definition) is 1. The zero-order valence-corrected chi connectivity index (χ0v) is 15.0. The Labute approximate surface area is 157 Å². The summed E-state index contributed by atoms with van der Waals surface area (Å²) in [6, 6.07) is 19.8. The summed E-state index contributed by atoms with van der Waals surface area (Å²) in [5.74, 6) is 1.69. The number of fused-ring (bicyclic) bond motifs is 3. The van der Waals surface area contributed by atoms with Crippen molar-refractivity contribution in [2.75, 3.05) is 14.2 Å². The van der Waals surface area contributed by atoms with Crippen LogP contribution in [-0.4, -0.2) is 14.2 Å². The zero-order chi connectivity index (χ0) is 19.0. The molecule has 1 heterocycles. The van der Waals surface area contributed by atoms with Gasteiger partial charge in [0.1, 0.15) is 17.4 Å². The molecule has 4 rings (SSSR count). The first-order valence-corrected chi connectivity index (χ1v) is 8.49. The van der Waals surface area contributed by atoms with E-state index < -0.39 is 0 Å². The van der Waals surface area contributed by atoms with Crippen LogP contribution in [0.2, 0.25) is 0 Å². The quantitative estimate of drug-likeness (QED) is 0.763. The highest BCUT2D eigenvalue weighted by molar-refractivity contribution is 5.91. The fourth-order valence-corrected chi connectivity index (χ4v) is 3.56. The van der Waals surface area contributed by atoms with Crippen LogP contribution in [0.25, 0.3) is 10.8 Å². The monoisotopic (exact) mass is 358 g/mol. The van der Waals surface area contributed by atoms with Crippen molar-refractivity contribution in [1.29, 1.82) is 5.26 Å². The van der Waals surface area contributed by atoms with Crippen LogP contribution in [-0.2, 0) is 0 Å². The number of nitrogens with zero attached hydrogens (tertiary/aromatic N) is 1. The summed E-state index contributed by atoms with van der Waals surface area (Å²) < 4.78 is 16.6. The molecule has 1 aliphatic rings. The summed E-state index contributed by atoms with van der Waals surface area (Å²) in [4.78, 5) is 0. The molecule has 5 nitrogen and oxygen atoms in total. The molecule has 0 aromatic heterocycles. The lowest BCUT2D eigenvalue weighted by Crippen LogP contribution is -2.21. The van der Waals surface area contributed by atoms with Crippen molar-refractivity contribution in [2.24, 2.45) is 5.73 Å². The second-order valence-electron chi connectivity index (χ2n) is 6.24. The van der Waals surface area contributed by atoms with Crippen molar-refractivity contribution in [1.82, 2.24) is 0 Å². The van der Waals surface area contributed by atoms with Gasteiger partial charge in [-0.15, -0.1) is 0 Å². The highest BCUT2D eigenvalue weighted by Crippen LogP contribution is 2.46. The van der Waals surface area contributed by atoms with Gasteiger partial charge in [-0.2, -0.15) is 5.26 Å². The van der Waals surface area contributed by atoms with Crippen LogP contribution in [0.5, 0.6) is 17.2 Å². The van der Waals surface area contributed by atoms with Gasteiger partial charge in [-0.25, -0.2) is 0 Å². The molecule has 0 saturated heterocycles. The normalized spacial score (nSPS) is 15.7. The van der Waals surface area contributed by atoms with E-state index in [2.05, 4.69) is 6.07 Å². The number of nitrogens with two attached hydrogens (primary N) is 1. The average Bonchev–Trinajstić information content (AvgIpc) is 2.72. The van der Waals surface area contributed by atoms with E-state index >= 15 is 0 Å². The van der Waals surface area contributed by atoms with Gasteiger partial charge in [0, 0.05) is 10.9 Å². The summed E-state index contributed by atoms with van der Waals surface area (Å²) in [5.41, 5.74) is 8.28. The van der Waals surface area contributed by atoms with Gasteiger partial charge in [-0.1, -0.05) is 42.5 Å². The van der Waals surface area contributed by atoms with Gasteiger partial charge in [-0.05, 0) is 23.1 Å². The van der Waals surface area contributed by atoms with Crippen molar-refractivity contribution in [2.45, 2.75) is 5.92 Å². The van der Waals surface area contributed by atoms with Gasteiger partial charge < -0.3 is 19.9 Å². The van der Waals surface area contributed by atoms with Crippen LogP contribution in [0.3, 0.4) is 0 Å². The number of hydrogen-bond acceptors (Lipinski definition) is 5. The van der Waals surface area contributed by atoms with Gasteiger partial charge in [0.2, 0.25) is 5.88 Å². The number of ether oxygens (including phenoxy) is 3. The maximum Gasteiger partial charge on any atom is 0.205 e. The number of rotatable bonds is 3. The Morgan fingerprint density at radius 1 is 1.00 bits per heavy atom. The molecule has 1 atom stereocenters. The second-order valence-corrected chi connectivity index (χ2v) is 6.24. The van der Waals surface area contributed by atoms with Gasteiger partial charge in [0.25, 0.3) is 0 Å². The van der Waals surface area contributed by atoms with Crippen LogP contribution in [0.15, 0.2) is 66.1 Å². The van der Waals surface area contributed by atoms with Gasteiger partial charge in [-0.3, -0.25) is 0 Å². The Morgan fingerprint density at radius 2 is 1.78 bits per heavy atom. The molecule has 0 fully saturated rings. The molecule has 0 saturated carbocycles. The first-order chi connectivity index (χ1) is 13.2. The second kappa shape index (κ2) is 6.58. The van der Waals surface area contributed by atoms with E-state index in [1.807, 2.05) is 54.6 Å². The minimum atomic E-state index is -0.344. The number of methoxy groups -OCH3 is 2. The molecule has 3 aromatic rings. The molecule has 2 N–H and O–H groups in total. The lowest BCUT2D eigenvalue weighted by molar-refractivity contribution is 0.354. The highest BCUT2D eigenvalue weighted by Gasteiger charge is 2.32. The predicted molar refractivity (Wildman–Crippen MR) is 103 cm³/mol. The average molecular weight is 358 g/mol. The minimum Gasteiger partial charge on any atom is -0.493 e. The van der Waals surface area contributed by atoms with Crippen LogP contribution in [0.1, 0.15) is 17.0 Å². The third-order valence-electron chi connectivity index (χ3n) is 4.85. The summed E-state index contributed by atoms with van der Waals surface area (Å²) in [7, 11) is 3.18. The Hall–Kier alpha value is -3.65. The van der Waals surface area contributed by atoms with E-state index in [-0.39, 0.29) is 11.8 Å². The number of benzene rings is 3. The third-order valence-corrected chi connectivity index (χ3v) is 4.85. The first kappa shape index (κ1) is 16.8. The van der Waals surface area contributed by atoms with E-state index in [4.69, 9.17) is 19.9 Å². The van der Waals surface area contributed by atoms with E-state index in [1.165, 1.54) is 0 Å². The topological polar surface area (TPSA) is 77.5 Å². The fourth-order valence-electron chi connectivity index (χ4n) is 3.56. The van der Waals surface area contributed by atoms with Crippen LogP contribution in [0, 0.1) is 11.3 Å². The lowest BCUT2D eigenvalue weighted by Gasteiger charge is -2.27. The molecule has 134 valence electrons.